The first kappa shape index (κ1) is 40.7. The summed E-state index contributed by atoms with van der Waals surface area (Å²) < 4.78 is 65.1. The molecule has 0 amide bonds. The third-order valence-corrected chi connectivity index (χ3v) is 11.8. The van der Waals surface area contributed by atoms with Gasteiger partial charge in [-0.15, -0.1) is 0 Å². The van der Waals surface area contributed by atoms with Crippen molar-refractivity contribution in [1.29, 1.82) is 0 Å². The van der Waals surface area contributed by atoms with E-state index in [0.717, 1.165) is 53.5 Å². The van der Waals surface area contributed by atoms with Crippen LogP contribution in [0.4, 0.5) is 8.78 Å². The Bertz CT molecular complexity index is 2980. The van der Waals surface area contributed by atoms with Crippen LogP contribution in [0, 0.1) is 25.5 Å². The Morgan fingerprint density at radius 2 is 1.05 bits per heavy atom. The number of nitrogens with one attached hydrogen (secondary N) is 2. The van der Waals surface area contributed by atoms with Gasteiger partial charge in [-0.1, -0.05) is 0 Å². The van der Waals surface area contributed by atoms with Gasteiger partial charge in [-0.05, 0) is 114 Å². The molecule has 4 N–H and O–H groups in total. The Morgan fingerprint density at radius 3 is 1.47 bits per heavy atom. The molecule has 12 nitrogen and oxygen atoms in total. The summed E-state index contributed by atoms with van der Waals surface area (Å²) in [6, 6.07) is 21.1. The van der Waals surface area contributed by atoms with E-state index in [-0.39, 0.29) is 22.6 Å². The first-order valence-electron chi connectivity index (χ1n) is 20.4. The van der Waals surface area contributed by atoms with Crippen molar-refractivity contribution in [3.63, 3.8) is 0 Å². The lowest BCUT2D eigenvalue weighted by atomic mass is 10.1. The molecule has 0 spiro atoms. The summed E-state index contributed by atoms with van der Waals surface area (Å²) in [6.07, 6.45) is 7.40. The average molecular weight is 843 g/mol. The van der Waals surface area contributed by atoms with E-state index in [0.29, 0.717) is 74.9 Å². The summed E-state index contributed by atoms with van der Waals surface area (Å²) in [5.74, 6) is 2.80. The van der Waals surface area contributed by atoms with Crippen LogP contribution in [-0.2, 0) is 0 Å². The average Bonchev–Trinajstić information content (AvgIpc) is 4.14. The molecule has 10 rings (SSSR count). The van der Waals surface area contributed by atoms with Gasteiger partial charge in [0.15, 0.2) is 46.1 Å². The number of fused-ring (bicyclic) bond motifs is 4. The molecule has 4 aromatic carbocycles. The molecule has 4 aromatic heterocycles. The van der Waals surface area contributed by atoms with Gasteiger partial charge in [-0.25, -0.2) is 8.78 Å². The van der Waals surface area contributed by atoms with E-state index >= 15 is 4.39 Å². The number of aromatic amines is 2. The summed E-state index contributed by atoms with van der Waals surface area (Å²) in [7, 11) is 7.32. The SMILES string of the molecule is COc1cc2c(Oc3ccc4[nH]c(C)cc4c3F)ccnc2cc1OCC1(N(C)C)CC1.COc1cc2c(Oc3ccc4[nH]c(C)cc4c3F)ccnc2cc1OCC1(N)CC1. The number of hydrogen-bond donors (Lipinski definition) is 3. The van der Waals surface area contributed by atoms with Crippen molar-refractivity contribution in [2.24, 2.45) is 5.73 Å². The third kappa shape index (κ3) is 7.98. The first-order valence-corrected chi connectivity index (χ1v) is 20.4. The number of methoxy groups -OCH3 is 2. The minimum Gasteiger partial charge on any atom is -0.493 e. The lowest BCUT2D eigenvalue weighted by molar-refractivity contribution is 0.164. The molecular formula is C48H48F2N6O6. The molecule has 0 atom stereocenters. The number of nitrogens with two attached hydrogens (primary N) is 1. The Hall–Kier alpha value is -6.64. The molecule has 8 aromatic rings. The van der Waals surface area contributed by atoms with Crippen molar-refractivity contribution in [2.45, 2.75) is 50.6 Å². The second-order valence-corrected chi connectivity index (χ2v) is 16.5. The third-order valence-electron chi connectivity index (χ3n) is 11.8. The van der Waals surface area contributed by atoms with Crippen molar-refractivity contribution < 1.29 is 37.2 Å². The van der Waals surface area contributed by atoms with E-state index in [4.69, 9.17) is 34.2 Å². The number of rotatable bonds is 13. The van der Waals surface area contributed by atoms with Crippen LogP contribution in [-0.4, -0.2) is 77.4 Å². The van der Waals surface area contributed by atoms with Crippen LogP contribution in [0.2, 0.25) is 0 Å². The normalized spacial score (nSPS) is 14.8. The maximum atomic E-state index is 15.1. The van der Waals surface area contributed by atoms with Crippen molar-refractivity contribution in [3.8, 4) is 46.0 Å². The summed E-state index contributed by atoms with van der Waals surface area (Å²) >= 11 is 0. The molecule has 14 heteroatoms. The van der Waals surface area contributed by atoms with Crippen molar-refractivity contribution in [1.82, 2.24) is 24.8 Å². The van der Waals surface area contributed by atoms with Gasteiger partial charge in [-0.3, -0.25) is 9.97 Å². The van der Waals surface area contributed by atoms with E-state index in [1.54, 1.807) is 81.2 Å². The number of halogens is 2. The van der Waals surface area contributed by atoms with E-state index in [1.807, 2.05) is 32.0 Å². The zero-order valence-electron chi connectivity index (χ0n) is 35.4. The highest BCUT2D eigenvalue weighted by molar-refractivity contribution is 5.90. The topological polar surface area (TPSA) is 142 Å². The Labute approximate surface area is 356 Å². The molecule has 0 radical (unpaired) electrons. The predicted molar refractivity (Wildman–Crippen MR) is 236 cm³/mol. The Morgan fingerprint density at radius 1 is 0.581 bits per heavy atom. The number of nitrogens with zero attached hydrogens (tertiary/aromatic N) is 3. The molecule has 0 unspecified atom stereocenters. The van der Waals surface area contributed by atoms with Crippen LogP contribution in [0.5, 0.6) is 46.0 Å². The summed E-state index contributed by atoms with van der Waals surface area (Å²) in [5.41, 5.74) is 10.6. The highest BCUT2D eigenvalue weighted by Gasteiger charge is 2.46. The predicted octanol–water partition coefficient (Wildman–Crippen LogP) is 10.3. The summed E-state index contributed by atoms with van der Waals surface area (Å²) in [4.78, 5) is 17.3. The number of benzene rings is 4. The number of ether oxygens (including phenoxy) is 6. The molecule has 0 saturated heterocycles. The first-order chi connectivity index (χ1) is 29.9. The highest BCUT2D eigenvalue weighted by Crippen LogP contribution is 2.44. The lowest BCUT2D eigenvalue weighted by Crippen LogP contribution is -2.35. The maximum Gasteiger partial charge on any atom is 0.175 e. The summed E-state index contributed by atoms with van der Waals surface area (Å²) in [6.45, 7) is 4.79. The zero-order valence-corrected chi connectivity index (χ0v) is 35.4. The van der Waals surface area contributed by atoms with E-state index in [2.05, 4.69) is 38.9 Å². The van der Waals surface area contributed by atoms with Crippen LogP contribution in [0.25, 0.3) is 43.6 Å². The second-order valence-electron chi connectivity index (χ2n) is 16.5. The fraction of sp³-hybridized carbons (Fsp3) is 0.292. The molecule has 2 saturated carbocycles. The van der Waals surface area contributed by atoms with Crippen LogP contribution < -0.4 is 34.2 Å². The number of likely N-dealkylation sites (N-methyl/N-ethyl adjacent to an activating group) is 1. The van der Waals surface area contributed by atoms with Crippen LogP contribution >= 0.6 is 0 Å². The quantitative estimate of drug-likeness (QED) is 0.103. The van der Waals surface area contributed by atoms with Crippen molar-refractivity contribution in [2.75, 3.05) is 41.5 Å². The summed E-state index contributed by atoms with van der Waals surface area (Å²) in [5, 5.41) is 2.41. The van der Waals surface area contributed by atoms with Crippen molar-refractivity contribution in [3.05, 3.63) is 108 Å². The fourth-order valence-corrected chi connectivity index (χ4v) is 7.55. The Kier molecular flexibility index (Phi) is 10.5. The standard InChI is InChI=1S/C25H26FN3O3.C23H22FN3O3/c1-15-11-17-18(28-15)5-6-21(24(17)26)32-20-7-10-27-19-13-23(22(30-4)12-16(19)20)31-14-25(8-9-25)29(2)3;1-13-9-15-16(27-13)3-4-19(22(15)24)30-18-5-8-26-17-11-21(20(28-2)10-14(17)18)29-12-23(25)6-7-23/h5-7,10-13,28H,8-9,14H2,1-4H3;3-5,8-11,27H,6-7,12,25H2,1-2H3. The second kappa shape index (κ2) is 16.0. The molecule has 4 heterocycles. The Balaban J connectivity index is 0.000000158. The highest BCUT2D eigenvalue weighted by atomic mass is 19.1. The number of aryl methyl sites for hydroxylation is 2. The smallest absolute Gasteiger partial charge is 0.175 e. The van der Waals surface area contributed by atoms with Gasteiger partial charge < -0.3 is 49.0 Å². The lowest BCUT2D eigenvalue weighted by Gasteiger charge is -2.24. The molecule has 2 aliphatic carbocycles. The fourth-order valence-electron chi connectivity index (χ4n) is 7.55. The minimum atomic E-state index is -0.411. The van der Waals surface area contributed by atoms with Gasteiger partial charge >= 0.3 is 0 Å². The number of hydrogen-bond acceptors (Lipinski definition) is 10. The van der Waals surface area contributed by atoms with Gasteiger partial charge in [0.25, 0.3) is 0 Å². The van der Waals surface area contributed by atoms with Gasteiger partial charge in [-0.2, -0.15) is 0 Å². The maximum absolute atomic E-state index is 15.1. The molecule has 320 valence electrons. The number of H-pyrrole nitrogens is 2. The largest absolute Gasteiger partial charge is 0.493 e. The van der Waals surface area contributed by atoms with Crippen molar-refractivity contribution >= 4 is 43.6 Å². The molecule has 2 fully saturated rings. The van der Waals surface area contributed by atoms with Crippen LogP contribution in [0.15, 0.2) is 85.2 Å². The van der Waals surface area contributed by atoms with Gasteiger partial charge in [0, 0.05) is 68.5 Å². The molecular weight excluding hydrogens is 795 g/mol. The molecule has 0 aliphatic heterocycles. The van der Waals surface area contributed by atoms with E-state index in [1.165, 1.54) is 0 Å². The molecule has 0 bridgehead atoms. The van der Waals surface area contributed by atoms with Crippen LogP contribution in [0.3, 0.4) is 0 Å². The molecule has 62 heavy (non-hydrogen) atoms. The number of pyridine rings is 2. The van der Waals surface area contributed by atoms with Gasteiger partial charge in [0.1, 0.15) is 24.7 Å². The van der Waals surface area contributed by atoms with E-state index in [9.17, 15) is 4.39 Å². The zero-order chi connectivity index (χ0) is 43.3. The van der Waals surface area contributed by atoms with Gasteiger partial charge in [0.05, 0.1) is 36.3 Å². The minimum absolute atomic E-state index is 0.0884. The number of aromatic nitrogens is 4. The monoisotopic (exact) mass is 842 g/mol. The van der Waals surface area contributed by atoms with Gasteiger partial charge in [0.2, 0.25) is 0 Å². The van der Waals surface area contributed by atoms with Crippen LogP contribution in [0.1, 0.15) is 37.1 Å². The van der Waals surface area contributed by atoms with E-state index < -0.39 is 11.6 Å². The molecule has 2 aliphatic rings.